The molecule has 0 aliphatic carbocycles. The van der Waals surface area contributed by atoms with Gasteiger partial charge >= 0.3 is 0 Å². The maximum absolute atomic E-state index is 12.3. The van der Waals surface area contributed by atoms with E-state index in [-0.39, 0.29) is 18.3 Å². The van der Waals surface area contributed by atoms with Crippen molar-refractivity contribution in [1.29, 1.82) is 0 Å². The van der Waals surface area contributed by atoms with Crippen LogP contribution >= 0.6 is 58.2 Å². The molecule has 1 N–H and O–H groups in total. The van der Waals surface area contributed by atoms with E-state index in [1.54, 1.807) is 36.4 Å². The van der Waals surface area contributed by atoms with Crippen molar-refractivity contribution in [3.05, 3.63) is 62.3 Å². The molecule has 0 bridgehead atoms. The molecule has 1 amide bonds. The zero-order valence-electron chi connectivity index (χ0n) is 15.7. The number of hydrogen-bond donors (Lipinski definition) is 1. The fraction of sp³-hybridized carbons (Fsp3) is 0.211. The second-order valence-corrected chi connectivity index (χ2v) is 8.52. The van der Waals surface area contributed by atoms with E-state index >= 15 is 0 Å². The number of thioether (sulfide) groups is 1. The summed E-state index contributed by atoms with van der Waals surface area (Å²) in [4.78, 5) is 12.3. The van der Waals surface area contributed by atoms with Crippen LogP contribution in [-0.4, -0.2) is 26.4 Å². The van der Waals surface area contributed by atoms with Crippen LogP contribution in [0.25, 0.3) is 0 Å². The van der Waals surface area contributed by atoms with Crippen LogP contribution in [0.2, 0.25) is 20.1 Å². The van der Waals surface area contributed by atoms with E-state index < -0.39 is 0 Å². The highest BCUT2D eigenvalue weighted by Gasteiger charge is 2.15. The van der Waals surface area contributed by atoms with Gasteiger partial charge in [-0.25, -0.2) is 0 Å². The number of rotatable bonds is 8. The maximum Gasteiger partial charge on any atom is 0.234 e. The average Bonchev–Trinajstić information content (AvgIpc) is 3.12. The van der Waals surface area contributed by atoms with Crippen LogP contribution in [0.15, 0.2) is 41.6 Å². The van der Waals surface area contributed by atoms with Crippen molar-refractivity contribution in [2.45, 2.75) is 25.2 Å². The number of aromatic nitrogens is 3. The number of hydrogen-bond acceptors (Lipinski definition) is 5. The molecule has 2 aromatic carbocycles. The number of benzene rings is 2. The molecular formula is C19H16Cl4N4O2S. The molecule has 158 valence electrons. The minimum absolute atomic E-state index is 0.127. The number of carbonyl (C=O) groups excluding carboxylic acids is 1. The summed E-state index contributed by atoms with van der Waals surface area (Å²) in [6.07, 6.45) is 0. The predicted molar refractivity (Wildman–Crippen MR) is 122 cm³/mol. The summed E-state index contributed by atoms with van der Waals surface area (Å²) >= 11 is 25.4. The van der Waals surface area contributed by atoms with Crippen molar-refractivity contribution in [2.75, 3.05) is 11.1 Å². The lowest BCUT2D eigenvalue weighted by Gasteiger charge is -2.10. The van der Waals surface area contributed by atoms with E-state index in [1.165, 1.54) is 11.8 Å². The molecule has 3 rings (SSSR count). The Balaban J connectivity index is 1.62. The zero-order valence-corrected chi connectivity index (χ0v) is 19.5. The average molecular weight is 506 g/mol. The lowest BCUT2D eigenvalue weighted by Crippen LogP contribution is -2.15. The molecule has 0 unspecified atom stereocenters. The third kappa shape index (κ3) is 5.74. The standard InChI is InChI=1S/C19H16Cl4N4O2S/c1-2-27-16(9-29-15-8-11(20)6-7-12(15)21)25-26-19(27)30-10-17(28)24-14-5-3-4-13(22)18(14)23/h3-8H,2,9-10H2,1H3,(H,24,28). The topological polar surface area (TPSA) is 69.0 Å². The van der Waals surface area contributed by atoms with Gasteiger partial charge in [0.1, 0.15) is 12.4 Å². The van der Waals surface area contributed by atoms with Gasteiger partial charge in [-0.3, -0.25) is 4.79 Å². The van der Waals surface area contributed by atoms with Gasteiger partial charge in [-0.05, 0) is 31.2 Å². The fourth-order valence-electron chi connectivity index (χ4n) is 2.50. The Labute approximate surface area is 197 Å². The van der Waals surface area contributed by atoms with Crippen molar-refractivity contribution in [2.24, 2.45) is 0 Å². The number of amides is 1. The van der Waals surface area contributed by atoms with Gasteiger partial charge in [0.25, 0.3) is 0 Å². The molecule has 0 spiro atoms. The van der Waals surface area contributed by atoms with Gasteiger partial charge in [0.05, 0.1) is 26.5 Å². The van der Waals surface area contributed by atoms with Crippen LogP contribution in [0, 0.1) is 0 Å². The van der Waals surface area contributed by atoms with Gasteiger partial charge in [-0.15, -0.1) is 10.2 Å². The molecule has 30 heavy (non-hydrogen) atoms. The lowest BCUT2D eigenvalue weighted by atomic mass is 10.3. The summed E-state index contributed by atoms with van der Waals surface area (Å²) in [6.45, 7) is 2.72. The predicted octanol–water partition coefficient (Wildman–Crippen LogP) is 6.22. The smallest absolute Gasteiger partial charge is 0.234 e. The van der Waals surface area contributed by atoms with Crippen LogP contribution < -0.4 is 10.1 Å². The minimum atomic E-state index is -0.238. The van der Waals surface area contributed by atoms with E-state index in [0.717, 1.165) is 0 Å². The molecule has 0 radical (unpaired) electrons. The number of anilines is 1. The number of ether oxygens (including phenoxy) is 1. The molecule has 11 heteroatoms. The molecular weight excluding hydrogens is 490 g/mol. The van der Waals surface area contributed by atoms with Crippen molar-refractivity contribution in [3.63, 3.8) is 0 Å². The Kier molecular flexibility index (Phi) is 8.13. The van der Waals surface area contributed by atoms with E-state index in [0.29, 0.717) is 49.1 Å². The molecule has 1 heterocycles. The van der Waals surface area contributed by atoms with Gasteiger partial charge in [-0.2, -0.15) is 0 Å². The lowest BCUT2D eigenvalue weighted by molar-refractivity contribution is -0.113. The van der Waals surface area contributed by atoms with E-state index in [4.69, 9.17) is 51.1 Å². The zero-order chi connectivity index (χ0) is 21.7. The largest absolute Gasteiger partial charge is 0.484 e. The maximum atomic E-state index is 12.3. The molecule has 0 aliphatic rings. The third-order valence-electron chi connectivity index (χ3n) is 3.92. The van der Waals surface area contributed by atoms with E-state index in [2.05, 4.69) is 15.5 Å². The first-order valence-corrected chi connectivity index (χ1v) is 11.3. The third-order valence-corrected chi connectivity index (χ3v) is 6.25. The summed E-state index contributed by atoms with van der Waals surface area (Å²) in [7, 11) is 0. The van der Waals surface area contributed by atoms with Gasteiger partial charge < -0.3 is 14.6 Å². The molecule has 0 saturated carbocycles. The summed E-state index contributed by atoms with van der Waals surface area (Å²) in [5.41, 5.74) is 0.458. The van der Waals surface area contributed by atoms with E-state index in [9.17, 15) is 4.79 Å². The first kappa shape index (κ1) is 23.0. The summed E-state index contributed by atoms with van der Waals surface area (Å²) in [5.74, 6) is 0.955. The number of halogens is 4. The number of nitrogens with zero attached hydrogens (tertiary/aromatic N) is 3. The van der Waals surface area contributed by atoms with Crippen LogP contribution in [0.3, 0.4) is 0 Å². The normalized spacial score (nSPS) is 10.8. The Bertz CT molecular complexity index is 1060. The molecule has 0 saturated heterocycles. The molecule has 0 fully saturated rings. The van der Waals surface area contributed by atoms with E-state index in [1.807, 2.05) is 11.5 Å². The molecule has 6 nitrogen and oxygen atoms in total. The molecule has 1 aromatic heterocycles. The van der Waals surface area contributed by atoms with Crippen molar-refractivity contribution in [1.82, 2.24) is 14.8 Å². The Hall–Kier alpha value is -1.64. The highest BCUT2D eigenvalue weighted by Crippen LogP contribution is 2.30. The summed E-state index contributed by atoms with van der Waals surface area (Å²) < 4.78 is 7.60. The first-order chi connectivity index (χ1) is 14.4. The second kappa shape index (κ2) is 10.6. The Morgan fingerprint density at radius 1 is 1.13 bits per heavy atom. The molecule has 0 aliphatic heterocycles. The number of nitrogens with one attached hydrogen (secondary N) is 1. The van der Waals surface area contributed by atoms with Gasteiger partial charge in [0, 0.05) is 17.6 Å². The number of carbonyl (C=O) groups is 1. The fourth-order valence-corrected chi connectivity index (χ4v) is 4.00. The van der Waals surface area contributed by atoms with Gasteiger partial charge in [-0.1, -0.05) is 64.2 Å². The quantitative estimate of drug-likeness (QED) is 0.368. The highest BCUT2D eigenvalue weighted by atomic mass is 35.5. The Morgan fingerprint density at radius 2 is 1.93 bits per heavy atom. The van der Waals surface area contributed by atoms with Gasteiger partial charge in [0.2, 0.25) is 5.91 Å². The summed E-state index contributed by atoms with van der Waals surface area (Å²) in [6, 6.07) is 10.0. The van der Waals surface area contributed by atoms with Crippen LogP contribution in [0.1, 0.15) is 12.7 Å². The molecule has 3 aromatic rings. The monoisotopic (exact) mass is 504 g/mol. The van der Waals surface area contributed by atoms with Crippen LogP contribution in [0.4, 0.5) is 5.69 Å². The van der Waals surface area contributed by atoms with Gasteiger partial charge in [0.15, 0.2) is 11.0 Å². The Morgan fingerprint density at radius 3 is 2.70 bits per heavy atom. The van der Waals surface area contributed by atoms with Crippen LogP contribution in [0.5, 0.6) is 5.75 Å². The SMILES string of the molecule is CCn1c(COc2cc(Cl)ccc2Cl)nnc1SCC(=O)Nc1cccc(Cl)c1Cl. The minimum Gasteiger partial charge on any atom is -0.484 e. The van der Waals surface area contributed by atoms with Crippen molar-refractivity contribution in [3.8, 4) is 5.75 Å². The van der Waals surface area contributed by atoms with Crippen molar-refractivity contribution < 1.29 is 9.53 Å². The van der Waals surface area contributed by atoms with Crippen LogP contribution in [-0.2, 0) is 17.9 Å². The highest BCUT2D eigenvalue weighted by molar-refractivity contribution is 7.99. The first-order valence-electron chi connectivity index (χ1n) is 8.75. The van der Waals surface area contributed by atoms with Crippen molar-refractivity contribution >= 4 is 69.8 Å². The molecule has 0 atom stereocenters. The second-order valence-electron chi connectivity index (χ2n) is 5.94. The summed E-state index contributed by atoms with van der Waals surface area (Å²) in [5, 5.41) is 13.3.